The Kier molecular flexibility index (Phi) is 5.04. The molecule has 0 aliphatic carbocycles. The fourth-order valence-electron chi connectivity index (χ4n) is 1.54. The van der Waals surface area contributed by atoms with Crippen LogP contribution in [-0.2, 0) is 0 Å². The second kappa shape index (κ2) is 5.84. The van der Waals surface area contributed by atoms with Crippen molar-refractivity contribution in [2.45, 2.75) is 19.4 Å². The van der Waals surface area contributed by atoms with Crippen LogP contribution in [0.2, 0.25) is 0 Å². The Balaban J connectivity index is 2.07. The first-order valence-electron chi connectivity index (χ1n) is 4.82. The maximum atomic E-state index is 3.32. The molecular formula is C9H20N2S. The molecule has 0 bridgehead atoms. The second-order valence-corrected chi connectivity index (χ2v) is 4.27. The molecule has 0 aromatic carbocycles. The lowest BCUT2D eigenvalue weighted by atomic mass is 10.1. The summed E-state index contributed by atoms with van der Waals surface area (Å²) in [6, 6.07) is 0.830. The van der Waals surface area contributed by atoms with Gasteiger partial charge in [-0.15, -0.1) is 0 Å². The summed E-state index contributed by atoms with van der Waals surface area (Å²) in [4.78, 5) is 2.59. The summed E-state index contributed by atoms with van der Waals surface area (Å²) in [5, 5.41) is 3.32. The summed E-state index contributed by atoms with van der Waals surface area (Å²) in [7, 11) is 0. The van der Waals surface area contributed by atoms with Crippen molar-refractivity contribution in [3.05, 3.63) is 0 Å². The summed E-state index contributed by atoms with van der Waals surface area (Å²) in [5.41, 5.74) is 0. The van der Waals surface area contributed by atoms with Crippen molar-refractivity contribution in [1.82, 2.24) is 10.2 Å². The first kappa shape index (κ1) is 10.4. The van der Waals surface area contributed by atoms with E-state index in [-0.39, 0.29) is 0 Å². The summed E-state index contributed by atoms with van der Waals surface area (Å²) < 4.78 is 0. The Hall–Kier alpha value is 0.270. The molecule has 0 aromatic heterocycles. The van der Waals surface area contributed by atoms with Gasteiger partial charge in [0.25, 0.3) is 0 Å². The van der Waals surface area contributed by atoms with E-state index in [4.69, 9.17) is 0 Å². The first-order chi connectivity index (χ1) is 5.88. The minimum atomic E-state index is 0.830. The van der Waals surface area contributed by atoms with E-state index in [1.165, 1.54) is 38.4 Å². The number of likely N-dealkylation sites (N-methyl/N-ethyl adjacent to an activating group) is 1. The second-order valence-electron chi connectivity index (χ2n) is 3.29. The largest absolute Gasteiger partial charge is 0.314 e. The molecule has 1 N–H and O–H groups in total. The van der Waals surface area contributed by atoms with Crippen molar-refractivity contribution >= 4 is 11.8 Å². The average Bonchev–Trinajstić information content (AvgIpc) is 1.99. The summed E-state index contributed by atoms with van der Waals surface area (Å²) in [5.74, 6) is 1.30. The van der Waals surface area contributed by atoms with Crippen molar-refractivity contribution in [1.29, 1.82) is 0 Å². The third-order valence-corrected chi connectivity index (χ3v) is 3.17. The quantitative estimate of drug-likeness (QED) is 0.627. The third kappa shape index (κ3) is 2.96. The minimum Gasteiger partial charge on any atom is -0.314 e. The molecule has 1 fully saturated rings. The van der Waals surface area contributed by atoms with Crippen LogP contribution in [0.25, 0.3) is 0 Å². The molecule has 2 nitrogen and oxygen atoms in total. The van der Waals surface area contributed by atoms with E-state index in [1.807, 2.05) is 11.8 Å². The average molecular weight is 188 g/mol. The van der Waals surface area contributed by atoms with Gasteiger partial charge in [-0.3, -0.25) is 4.90 Å². The normalized spacial score (nSPS) is 18.2. The molecule has 0 unspecified atom stereocenters. The van der Waals surface area contributed by atoms with Gasteiger partial charge in [0.1, 0.15) is 0 Å². The topological polar surface area (TPSA) is 15.3 Å². The molecule has 0 aromatic rings. The van der Waals surface area contributed by atoms with Crippen LogP contribution >= 0.6 is 11.8 Å². The molecule has 0 atom stereocenters. The van der Waals surface area contributed by atoms with Crippen LogP contribution in [0.5, 0.6) is 0 Å². The van der Waals surface area contributed by atoms with Gasteiger partial charge in [-0.05, 0) is 31.5 Å². The Morgan fingerprint density at radius 1 is 1.50 bits per heavy atom. The smallest absolute Gasteiger partial charge is 0.0345 e. The van der Waals surface area contributed by atoms with Crippen molar-refractivity contribution in [2.24, 2.45) is 0 Å². The summed E-state index contributed by atoms with van der Waals surface area (Å²) >= 11 is 1.95. The van der Waals surface area contributed by atoms with Crippen molar-refractivity contribution < 1.29 is 0 Å². The SMILES string of the molecule is CCN(CCCSC)C1CNC1. The lowest BCUT2D eigenvalue weighted by Gasteiger charge is -2.37. The molecule has 0 spiro atoms. The lowest BCUT2D eigenvalue weighted by Crippen LogP contribution is -2.57. The van der Waals surface area contributed by atoms with Crippen LogP contribution in [0.3, 0.4) is 0 Å². The summed E-state index contributed by atoms with van der Waals surface area (Å²) in [6.07, 6.45) is 3.52. The molecule has 3 heteroatoms. The zero-order valence-corrected chi connectivity index (χ0v) is 8.99. The zero-order valence-electron chi connectivity index (χ0n) is 8.18. The number of rotatable bonds is 6. The highest BCUT2D eigenvalue weighted by atomic mass is 32.2. The molecule has 1 heterocycles. The molecule has 1 aliphatic heterocycles. The van der Waals surface area contributed by atoms with Crippen LogP contribution in [0, 0.1) is 0 Å². The van der Waals surface area contributed by atoms with E-state index in [0.29, 0.717) is 0 Å². The van der Waals surface area contributed by atoms with Gasteiger partial charge in [-0.2, -0.15) is 11.8 Å². The van der Waals surface area contributed by atoms with Crippen LogP contribution in [-0.4, -0.2) is 49.1 Å². The fraction of sp³-hybridized carbons (Fsp3) is 1.00. The van der Waals surface area contributed by atoms with Gasteiger partial charge in [-0.1, -0.05) is 6.92 Å². The van der Waals surface area contributed by atoms with E-state index in [1.54, 1.807) is 0 Å². The van der Waals surface area contributed by atoms with E-state index in [9.17, 15) is 0 Å². The van der Waals surface area contributed by atoms with Gasteiger partial charge in [0.15, 0.2) is 0 Å². The molecule has 12 heavy (non-hydrogen) atoms. The van der Waals surface area contributed by atoms with Crippen molar-refractivity contribution in [3.8, 4) is 0 Å². The highest BCUT2D eigenvalue weighted by Gasteiger charge is 2.22. The Bertz CT molecular complexity index is 115. The Morgan fingerprint density at radius 2 is 2.25 bits per heavy atom. The molecular weight excluding hydrogens is 168 g/mol. The predicted octanol–water partition coefficient (Wildman–Crippen LogP) is 1.03. The number of hydrogen-bond acceptors (Lipinski definition) is 3. The van der Waals surface area contributed by atoms with Gasteiger partial charge >= 0.3 is 0 Å². The molecule has 1 rings (SSSR count). The number of hydrogen-bond donors (Lipinski definition) is 1. The third-order valence-electron chi connectivity index (χ3n) is 2.48. The van der Waals surface area contributed by atoms with Crippen LogP contribution in [0.4, 0.5) is 0 Å². The van der Waals surface area contributed by atoms with Crippen LogP contribution < -0.4 is 5.32 Å². The Morgan fingerprint density at radius 3 is 2.67 bits per heavy atom. The first-order valence-corrected chi connectivity index (χ1v) is 6.21. The molecule has 72 valence electrons. The number of nitrogens with one attached hydrogen (secondary N) is 1. The molecule has 1 saturated heterocycles. The number of thioether (sulfide) groups is 1. The minimum absolute atomic E-state index is 0.830. The van der Waals surface area contributed by atoms with Gasteiger partial charge < -0.3 is 5.32 Å². The Labute approximate surface area is 80.1 Å². The van der Waals surface area contributed by atoms with Crippen molar-refractivity contribution in [3.63, 3.8) is 0 Å². The maximum Gasteiger partial charge on any atom is 0.0345 e. The van der Waals surface area contributed by atoms with Gasteiger partial charge in [-0.25, -0.2) is 0 Å². The summed E-state index contributed by atoms with van der Waals surface area (Å²) in [6.45, 7) is 7.15. The maximum absolute atomic E-state index is 3.32. The molecule has 0 amide bonds. The highest BCUT2D eigenvalue weighted by Crippen LogP contribution is 2.06. The fourth-order valence-corrected chi connectivity index (χ4v) is 1.96. The standard InChI is InChI=1S/C9H20N2S/c1-3-11(5-4-6-12-2)9-7-10-8-9/h9-10H,3-8H2,1-2H3. The predicted molar refractivity (Wildman–Crippen MR) is 56.9 cm³/mol. The lowest BCUT2D eigenvalue weighted by molar-refractivity contribution is 0.153. The van der Waals surface area contributed by atoms with Gasteiger partial charge in [0.2, 0.25) is 0 Å². The van der Waals surface area contributed by atoms with E-state index >= 15 is 0 Å². The van der Waals surface area contributed by atoms with Gasteiger partial charge in [0.05, 0.1) is 0 Å². The van der Waals surface area contributed by atoms with Gasteiger partial charge in [0, 0.05) is 19.1 Å². The van der Waals surface area contributed by atoms with E-state index < -0.39 is 0 Å². The molecule has 0 radical (unpaired) electrons. The highest BCUT2D eigenvalue weighted by molar-refractivity contribution is 7.98. The van der Waals surface area contributed by atoms with Crippen molar-refractivity contribution in [2.75, 3.05) is 38.2 Å². The van der Waals surface area contributed by atoms with Crippen LogP contribution in [0.1, 0.15) is 13.3 Å². The number of nitrogens with zero attached hydrogens (tertiary/aromatic N) is 1. The van der Waals surface area contributed by atoms with E-state index in [2.05, 4.69) is 23.4 Å². The van der Waals surface area contributed by atoms with Crippen LogP contribution in [0.15, 0.2) is 0 Å². The van der Waals surface area contributed by atoms with E-state index in [0.717, 1.165) is 6.04 Å². The monoisotopic (exact) mass is 188 g/mol. The zero-order chi connectivity index (χ0) is 8.81. The molecule has 1 aliphatic rings. The molecule has 0 saturated carbocycles.